The highest BCUT2D eigenvalue weighted by Crippen LogP contribution is 2.23. The molecule has 0 aliphatic carbocycles. The standard InChI is InChI=1S/C11H13ClN2O4/c1-18-9(5-13)10(15)14-8-4-6(11(16)17)2-3-7(8)12/h2-4,9H,5,13H2,1H3,(H,14,15)(H,16,17). The normalized spacial score (nSPS) is 11.9. The van der Waals surface area contributed by atoms with Crippen molar-refractivity contribution in [3.63, 3.8) is 0 Å². The summed E-state index contributed by atoms with van der Waals surface area (Å²) in [5.41, 5.74) is 5.57. The molecular weight excluding hydrogens is 260 g/mol. The van der Waals surface area contributed by atoms with Crippen LogP contribution in [0.4, 0.5) is 5.69 Å². The quantitative estimate of drug-likeness (QED) is 0.741. The number of amides is 1. The van der Waals surface area contributed by atoms with Crippen LogP contribution in [0.15, 0.2) is 18.2 Å². The van der Waals surface area contributed by atoms with E-state index in [1.165, 1.54) is 25.3 Å². The molecule has 1 atom stereocenters. The maximum atomic E-state index is 11.7. The smallest absolute Gasteiger partial charge is 0.335 e. The number of nitrogens with two attached hydrogens (primary N) is 1. The first-order chi connectivity index (χ1) is 8.49. The zero-order valence-corrected chi connectivity index (χ0v) is 10.4. The molecule has 1 rings (SSSR count). The van der Waals surface area contributed by atoms with Crippen LogP contribution < -0.4 is 11.1 Å². The summed E-state index contributed by atoms with van der Waals surface area (Å²) in [7, 11) is 1.35. The van der Waals surface area contributed by atoms with E-state index in [1.54, 1.807) is 0 Å². The molecule has 0 aliphatic heterocycles. The molecule has 0 aliphatic rings. The zero-order chi connectivity index (χ0) is 13.7. The van der Waals surface area contributed by atoms with Gasteiger partial charge in [0.2, 0.25) is 0 Å². The van der Waals surface area contributed by atoms with E-state index in [9.17, 15) is 9.59 Å². The molecule has 7 heteroatoms. The molecule has 18 heavy (non-hydrogen) atoms. The van der Waals surface area contributed by atoms with Crippen molar-refractivity contribution in [1.29, 1.82) is 0 Å². The number of ether oxygens (including phenoxy) is 1. The van der Waals surface area contributed by atoms with E-state index in [-0.39, 0.29) is 22.8 Å². The summed E-state index contributed by atoms with van der Waals surface area (Å²) in [6.07, 6.45) is -0.811. The SMILES string of the molecule is COC(CN)C(=O)Nc1cc(C(=O)O)ccc1Cl. The number of carboxylic acids is 1. The molecule has 0 spiro atoms. The van der Waals surface area contributed by atoms with Gasteiger partial charge in [0.05, 0.1) is 16.3 Å². The van der Waals surface area contributed by atoms with E-state index < -0.39 is 18.0 Å². The first-order valence-electron chi connectivity index (χ1n) is 5.06. The third-order valence-corrected chi connectivity index (χ3v) is 2.59. The number of aromatic carboxylic acids is 1. The van der Waals surface area contributed by atoms with Crippen LogP contribution in [-0.4, -0.2) is 36.7 Å². The molecule has 1 aromatic rings. The van der Waals surface area contributed by atoms with Crippen LogP contribution in [0.1, 0.15) is 10.4 Å². The Balaban J connectivity index is 2.93. The highest BCUT2D eigenvalue weighted by molar-refractivity contribution is 6.33. The molecule has 0 aromatic heterocycles. The third kappa shape index (κ3) is 3.43. The predicted molar refractivity (Wildman–Crippen MR) is 66.9 cm³/mol. The van der Waals surface area contributed by atoms with Crippen molar-refractivity contribution in [2.24, 2.45) is 5.73 Å². The minimum Gasteiger partial charge on any atom is -0.478 e. The van der Waals surface area contributed by atoms with Gasteiger partial charge in [-0.3, -0.25) is 4.79 Å². The summed E-state index contributed by atoms with van der Waals surface area (Å²) in [6, 6.07) is 4.01. The Kier molecular flexibility index (Phi) is 5.08. The first kappa shape index (κ1) is 14.4. The van der Waals surface area contributed by atoms with E-state index >= 15 is 0 Å². The maximum absolute atomic E-state index is 11.7. The Morgan fingerprint density at radius 2 is 2.22 bits per heavy atom. The van der Waals surface area contributed by atoms with E-state index in [0.29, 0.717) is 0 Å². The molecule has 1 unspecified atom stereocenters. The number of rotatable bonds is 5. The molecule has 98 valence electrons. The second-order valence-corrected chi connectivity index (χ2v) is 3.86. The Morgan fingerprint density at radius 1 is 1.56 bits per heavy atom. The summed E-state index contributed by atoms with van der Waals surface area (Å²) < 4.78 is 4.85. The van der Waals surface area contributed by atoms with Crippen molar-refractivity contribution >= 4 is 29.2 Å². The van der Waals surface area contributed by atoms with Gasteiger partial charge in [-0.15, -0.1) is 0 Å². The minimum atomic E-state index is -1.11. The Hall–Kier alpha value is -1.63. The fraction of sp³-hybridized carbons (Fsp3) is 0.273. The highest BCUT2D eigenvalue weighted by Gasteiger charge is 2.17. The van der Waals surface area contributed by atoms with Gasteiger partial charge in [0.1, 0.15) is 6.10 Å². The molecule has 0 saturated heterocycles. The lowest BCUT2D eigenvalue weighted by Gasteiger charge is -2.14. The monoisotopic (exact) mass is 272 g/mol. The molecule has 0 saturated carbocycles. The summed E-state index contributed by atoms with van der Waals surface area (Å²) >= 11 is 5.86. The van der Waals surface area contributed by atoms with Crippen molar-refractivity contribution in [2.45, 2.75) is 6.10 Å². The maximum Gasteiger partial charge on any atom is 0.335 e. The van der Waals surface area contributed by atoms with Gasteiger partial charge in [0, 0.05) is 13.7 Å². The van der Waals surface area contributed by atoms with Gasteiger partial charge in [0.25, 0.3) is 5.91 Å². The Labute approximate surface area is 109 Å². The fourth-order valence-corrected chi connectivity index (χ4v) is 1.44. The van der Waals surface area contributed by atoms with Gasteiger partial charge in [-0.25, -0.2) is 4.79 Å². The third-order valence-electron chi connectivity index (χ3n) is 2.26. The first-order valence-corrected chi connectivity index (χ1v) is 5.44. The highest BCUT2D eigenvalue weighted by atomic mass is 35.5. The van der Waals surface area contributed by atoms with Gasteiger partial charge in [-0.2, -0.15) is 0 Å². The van der Waals surface area contributed by atoms with Gasteiger partial charge < -0.3 is 20.9 Å². The molecule has 0 fully saturated rings. The summed E-state index contributed by atoms with van der Waals surface area (Å²) in [5, 5.41) is 11.5. The lowest BCUT2D eigenvalue weighted by atomic mass is 10.2. The van der Waals surface area contributed by atoms with E-state index in [1.807, 2.05) is 0 Å². The van der Waals surface area contributed by atoms with Gasteiger partial charge in [-0.05, 0) is 18.2 Å². The van der Waals surface area contributed by atoms with E-state index in [2.05, 4.69) is 5.32 Å². The average molecular weight is 273 g/mol. The summed E-state index contributed by atoms with van der Waals surface area (Å²) in [6.45, 7) is 0.0125. The average Bonchev–Trinajstić information content (AvgIpc) is 2.33. The number of methoxy groups -OCH3 is 1. The number of carboxylic acid groups (broad SMARTS) is 1. The van der Waals surface area contributed by atoms with E-state index in [4.69, 9.17) is 27.2 Å². The molecule has 6 nitrogen and oxygen atoms in total. The number of hydrogen-bond acceptors (Lipinski definition) is 4. The predicted octanol–water partition coefficient (Wildman–Crippen LogP) is 0.950. The van der Waals surface area contributed by atoms with Gasteiger partial charge in [0.15, 0.2) is 0 Å². The molecule has 1 amide bonds. The molecular formula is C11H13ClN2O4. The molecule has 1 aromatic carbocycles. The van der Waals surface area contributed by atoms with Crippen LogP contribution in [0.3, 0.4) is 0 Å². The number of benzene rings is 1. The lowest BCUT2D eigenvalue weighted by Crippen LogP contribution is -2.36. The largest absolute Gasteiger partial charge is 0.478 e. The summed E-state index contributed by atoms with van der Waals surface area (Å²) in [5.74, 6) is -1.59. The number of nitrogens with one attached hydrogen (secondary N) is 1. The van der Waals surface area contributed by atoms with Crippen LogP contribution in [0.5, 0.6) is 0 Å². The van der Waals surface area contributed by atoms with Crippen LogP contribution in [-0.2, 0) is 9.53 Å². The van der Waals surface area contributed by atoms with Crippen LogP contribution in [0, 0.1) is 0 Å². The number of anilines is 1. The summed E-state index contributed by atoms with van der Waals surface area (Å²) in [4.78, 5) is 22.5. The van der Waals surface area contributed by atoms with E-state index in [0.717, 1.165) is 0 Å². The zero-order valence-electron chi connectivity index (χ0n) is 9.64. The topological polar surface area (TPSA) is 102 Å². The number of halogens is 1. The Morgan fingerprint density at radius 3 is 2.72 bits per heavy atom. The van der Waals surface area contributed by atoms with Crippen molar-refractivity contribution in [3.8, 4) is 0 Å². The van der Waals surface area contributed by atoms with Crippen LogP contribution in [0.25, 0.3) is 0 Å². The second-order valence-electron chi connectivity index (χ2n) is 3.45. The van der Waals surface area contributed by atoms with Crippen molar-refractivity contribution in [1.82, 2.24) is 0 Å². The fourth-order valence-electron chi connectivity index (χ4n) is 1.28. The van der Waals surface area contributed by atoms with Crippen LogP contribution in [0.2, 0.25) is 5.02 Å². The second kappa shape index (κ2) is 6.34. The number of carbonyl (C=O) groups excluding carboxylic acids is 1. The lowest BCUT2D eigenvalue weighted by molar-refractivity contribution is -0.125. The van der Waals surface area contributed by atoms with Crippen LogP contribution >= 0.6 is 11.6 Å². The number of carbonyl (C=O) groups is 2. The van der Waals surface area contributed by atoms with Crippen molar-refractivity contribution in [3.05, 3.63) is 28.8 Å². The van der Waals surface area contributed by atoms with Crippen molar-refractivity contribution < 1.29 is 19.4 Å². The molecule has 0 heterocycles. The number of hydrogen-bond donors (Lipinski definition) is 3. The molecule has 4 N–H and O–H groups in total. The molecule has 0 radical (unpaired) electrons. The molecule has 0 bridgehead atoms. The van der Waals surface area contributed by atoms with Gasteiger partial charge in [-0.1, -0.05) is 11.6 Å². The van der Waals surface area contributed by atoms with Crippen molar-refractivity contribution in [2.75, 3.05) is 19.0 Å². The van der Waals surface area contributed by atoms with Gasteiger partial charge >= 0.3 is 5.97 Å². The minimum absolute atomic E-state index is 0.0125. The Bertz CT molecular complexity index is 460.